The number of hydrogen-bond acceptors (Lipinski definition) is 8. The van der Waals surface area contributed by atoms with Gasteiger partial charge in [0.25, 0.3) is 5.78 Å². The molecule has 0 aliphatic carbocycles. The summed E-state index contributed by atoms with van der Waals surface area (Å²) in [6, 6.07) is 0. The summed E-state index contributed by atoms with van der Waals surface area (Å²) in [5.74, 6) is -4.89. The predicted octanol–water partition coefficient (Wildman–Crippen LogP) is -3.05. The molecule has 1 saturated heterocycles. The third-order valence-electron chi connectivity index (χ3n) is 1.80. The Labute approximate surface area is 88.7 Å². The number of carbonyl (C=O) groups excluding carboxylic acids is 4. The van der Waals surface area contributed by atoms with Crippen LogP contribution in [0.4, 0.5) is 0 Å². The molecule has 0 amide bonds. The Morgan fingerprint density at radius 2 is 2.06 bits per heavy atom. The first-order valence-electron chi connectivity index (χ1n) is 4.21. The van der Waals surface area contributed by atoms with E-state index >= 15 is 0 Å². The van der Waals surface area contributed by atoms with E-state index in [1.165, 1.54) is 0 Å². The fraction of sp³-hybridized carbons (Fsp3) is 0.500. The molecule has 2 unspecified atom stereocenters. The van der Waals surface area contributed by atoms with Gasteiger partial charge in [-0.25, -0.2) is 9.59 Å². The minimum absolute atomic E-state index is 0.656. The molecule has 0 bridgehead atoms. The van der Waals surface area contributed by atoms with Gasteiger partial charge in [0.15, 0.2) is 6.10 Å². The molecule has 1 aliphatic rings. The third-order valence-corrected chi connectivity index (χ3v) is 1.80. The molecular formula is C8H8O8. The zero-order valence-electron chi connectivity index (χ0n) is 7.91. The van der Waals surface area contributed by atoms with Crippen molar-refractivity contribution in [3.8, 4) is 0 Å². The molecule has 88 valence electrons. The van der Waals surface area contributed by atoms with Gasteiger partial charge in [-0.1, -0.05) is 0 Å². The summed E-state index contributed by atoms with van der Waals surface area (Å²) in [6.45, 7) is -1.54. The van der Waals surface area contributed by atoms with Gasteiger partial charge < -0.3 is 19.7 Å². The fourth-order valence-corrected chi connectivity index (χ4v) is 1.02. The van der Waals surface area contributed by atoms with Crippen molar-refractivity contribution in [1.29, 1.82) is 0 Å². The molecule has 0 aromatic rings. The van der Waals surface area contributed by atoms with Crippen molar-refractivity contribution >= 4 is 23.5 Å². The molecule has 0 aromatic carbocycles. The molecule has 1 aliphatic heterocycles. The maximum atomic E-state index is 11.0. The number of esters is 2. The van der Waals surface area contributed by atoms with E-state index in [9.17, 15) is 24.3 Å². The Bertz CT molecular complexity index is 346. The molecule has 2 atom stereocenters. The lowest BCUT2D eigenvalue weighted by molar-refractivity contribution is -0.158. The van der Waals surface area contributed by atoms with E-state index in [0.29, 0.717) is 0 Å². The van der Waals surface area contributed by atoms with Crippen molar-refractivity contribution < 1.29 is 38.9 Å². The zero-order valence-corrected chi connectivity index (χ0v) is 7.91. The van der Waals surface area contributed by atoms with Crippen LogP contribution in [-0.4, -0.2) is 59.1 Å². The molecule has 1 fully saturated rings. The second-order valence-corrected chi connectivity index (χ2v) is 2.93. The van der Waals surface area contributed by atoms with Crippen LogP contribution in [0, 0.1) is 0 Å². The van der Waals surface area contributed by atoms with Gasteiger partial charge in [-0.3, -0.25) is 9.59 Å². The third kappa shape index (κ3) is 2.41. The van der Waals surface area contributed by atoms with Crippen molar-refractivity contribution in [1.82, 2.24) is 0 Å². The number of ketones is 2. The Hall–Kier alpha value is -1.80. The van der Waals surface area contributed by atoms with Crippen LogP contribution in [0.3, 0.4) is 0 Å². The molecule has 2 N–H and O–H groups in total. The molecular weight excluding hydrogens is 224 g/mol. The van der Waals surface area contributed by atoms with Gasteiger partial charge in [-0.05, 0) is 0 Å². The number of aliphatic hydroxyl groups excluding tert-OH is 2. The summed E-state index contributed by atoms with van der Waals surface area (Å²) < 4.78 is 8.56. The van der Waals surface area contributed by atoms with E-state index < -0.39 is 48.9 Å². The van der Waals surface area contributed by atoms with Gasteiger partial charge in [0.2, 0.25) is 0 Å². The normalized spacial score (nSPS) is 21.9. The smallest absolute Gasteiger partial charge is 0.383 e. The zero-order chi connectivity index (χ0) is 12.3. The number of carbonyl (C=O) groups is 4. The van der Waals surface area contributed by atoms with Crippen LogP contribution >= 0.6 is 0 Å². The van der Waals surface area contributed by atoms with E-state index in [1.807, 2.05) is 0 Å². The predicted molar refractivity (Wildman–Crippen MR) is 43.9 cm³/mol. The van der Waals surface area contributed by atoms with Gasteiger partial charge >= 0.3 is 17.7 Å². The standard InChI is InChI=1S/C8H8O8/c9-1-4(11)15-2-3(10)7-5(12)6(13)8(14)16-7/h3,7,9-10H,1-2H2. The average Bonchev–Trinajstić information content (AvgIpc) is 2.53. The maximum absolute atomic E-state index is 11.0. The number of aliphatic hydroxyl groups is 2. The largest absolute Gasteiger partial charge is 0.461 e. The highest BCUT2D eigenvalue weighted by molar-refractivity contribution is 6.65. The topological polar surface area (TPSA) is 127 Å². The summed E-state index contributed by atoms with van der Waals surface area (Å²) in [5.41, 5.74) is 0. The van der Waals surface area contributed by atoms with Gasteiger partial charge in [0, 0.05) is 0 Å². The molecule has 1 rings (SSSR count). The van der Waals surface area contributed by atoms with Crippen LogP contribution in [0.15, 0.2) is 0 Å². The second-order valence-electron chi connectivity index (χ2n) is 2.93. The van der Waals surface area contributed by atoms with E-state index in [0.717, 1.165) is 0 Å². The molecule has 0 saturated carbocycles. The minimum Gasteiger partial charge on any atom is -0.461 e. The van der Waals surface area contributed by atoms with Crippen LogP contribution in [0.5, 0.6) is 0 Å². The van der Waals surface area contributed by atoms with Crippen LogP contribution in [-0.2, 0) is 28.7 Å². The Morgan fingerprint density at radius 1 is 1.44 bits per heavy atom. The van der Waals surface area contributed by atoms with Crippen molar-refractivity contribution in [2.75, 3.05) is 13.2 Å². The quantitative estimate of drug-likeness (QED) is 0.386. The molecule has 16 heavy (non-hydrogen) atoms. The highest BCUT2D eigenvalue weighted by Crippen LogP contribution is 2.11. The Kier molecular flexibility index (Phi) is 3.69. The lowest BCUT2D eigenvalue weighted by Crippen LogP contribution is -2.37. The second kappa shape index (κ2) is 4.81. The SMILES string of the molecule is O=C(CO)OCC(O)C1OC(=O)C(=O)C1=O. The van der Waals surface area contributed by atoms with Crippen LogP contribution < -0.4 is 0 Å². The summed E-state index contributed by atoms with van der Waals surface area (Å²) in [7, 11) is 0. The minimum atomic E-state index is -1.65. The van der Waals surface area contributed by atoms with Crippen molar-refractivity contribution in [2.45, 2.75) is 12.2 Å². The molecule has 8 heteroatoms. The number of ether oxygens (including phenoxy) is 2. The van der Waals surface area contributed by atoms with Crippen molar-refractivity contribution in [2.24, 2.45) is 0 Å². The average molecular weight is 232 g/mol. The number of hydrogen-bond donors (Lipinski definition) is 2. The first kappa shape index (κ1) is 12.3. The van der Waals surface area contributed by atoms with Crippen molar-refractivity contribution in [3.05, 3.63) is 0 Å². The number of Topliss-reactive ketones (excluding diaryl/α,β-unsaturated/α-hetero) is 2. The van der Waals surface area contributed by atoms with Crippen LogP contribution in [0.1, 0.15) is 0 Å². The van der Waals surface area contributed by atoms with Gasteiger partial charge in [0.05, 0.1) is 0 Å². The van der Waals surface area contributed by atoms with Crippen LogP contribution in [0.2, 0.25) is 0 Å². The first-order valence-corrected chi connectivity index (χ1v) is 4.21. The lowest BCUT2D eigenvalue weighted by Gasteiger charge is -2.14. The van der Waals surface area contributed by atoms with Crippen LogP contribution in [0.25, 0.3) is 0 Å². The Morgan fingerprint density at radius 3 is 2.50 bits per heavy atom. The number of rotatable bonds is 4. The molecule has 1 heterocycles. The van der Waals surface area contributed by atoms with E-state index in [1.54, 1.807) is 0 Å². The summed E-state index contributed by atoms with van der Waals surface area (Å²) in [5, 5.41) is 17.6. The summed E-state index contributed by atoms with van der Waals surface area (Å²) in [6.07, 6.45) is -3.27. The molecule has 0 radical (unpaired) electrons. The molecule has 0 aromatic heterocycles. The fourth-order valence-electron chi connectivity index (χ4n) is 1.02. The first-order chi connectivity index (χ1) is 7.47. The molecule has 8 nitrogen and oxygen atoms in total. The summed E-state index contributed by atoms with van der Waals surface area (Å²) >= 11 is 0. The number of cyclic esters (lactones) is 1. The maximum Gasteiger partial charge on any atom is 0.383 e. The van der Waals surface area contributed by atoms with Gasteiger partial charge in [-0.15, -0.1) is 0 Å². The highest BCUT2D eigenvalue weighted by Gasteiger charge is 2.46. The van der Waals surface area contributed by atoms with Gasteiger partial charge in [-0.2, -0.15) is 0 Å². The monoisotopic (exact) mass is 232 g/mol. The van der Waals surface area contributed by atoms with E-state index in [4.69, 9.17) is 5.11 Å². The van der Waals surface area contributed by atoms with E-state index in [-0.39, 0.29) is 0 Å². The Balaban J connectivity index is 2.52. The lowest BCUT2D eigenvalue weighted by atomic mass is 10.1. The van der Waals surface area contributed by atoms with Gasteiger partial charge in [0.1, 0.15) is 19.3 Å². The summed E-state index contributed by atoms with van der Waals surface area (Å²) in [4.78, 5) is 42.9. The van der Waals surface area contributed by atoms with E-state index in [2.05, 4.69) is 9.47 Å². The molecule has 0 spiro atoms. The van der Waals surface area contributed by atoms with Crippen molar-refractivity contribution in [3.63, 3.8) is 0 Å². The highest BCUT2D eigenvalue weighted by atomic mass is 16.6.